The number of carbonyl (C=O) groups is 1. The summed E-state index contributed by atoms with van der Waals surface area (Å²) in [5, 5.41) is 5.97. The van der Waals surface area contributed by atoms with E-state index in [0.29, 0.717) is 23.8 Å². The maximum atomic E-state index is 12.2. The molecule has 1 amide bonds. The van der Waals surface area contributed by atoms with Crippen molar-refractivity contribution >= 4 is 17.5 Å². The first-order valence-corrected chi connectivity index (χ1v) is 8.56. The number of amides is 1. The topological polar surface area (TPSA) is 88.6 Å². The van der Waals surface area contributed by atoms with E-state index >= 15 is 0 Å². The number of methoxy groups -OCH3 is 1. The molecule has 1 aliphatic rings. The van der Waals surface area contributed by atoms with E-state index in [4.69, 9.17) is 9.47 Å². The molecule has 0 spiro atoms. The highest BCUT2D eigenvalue weighted by Gasteiger charge is 2.12. The number of para-hydroxylation sites is 2. The lowest BCUT2D eigenvalue weighted by Gasteiger charge is -2.26. The average Bonchev–Trinajstić information content (AvgIpc) is 2.70. The van der Waals surface area contributed by atoms with Crippen LogP contribution in [-0.2, 0) is 4.74 Å². The number of carbonyl (C=O) groups excluding carboxylic acids is 1. The van der Waals surface area contributed by atoms with Crippen LogP contribution in [0.2, 0.25) is 0 Å². The summed E-state index contributed by atoms with van der Waals surface area (Å²) in [6.07, 6.45) is 3.02. The smallest absolute Gasteiger partial charge is 0.254 e. The monoisotopic (exact) mass is 357 g/mol. The Morgan fingerprint density at radius 2 is 1.96 bits per heavy atom. The molecule has 0 aliphatic carbocycles. The van der Waals surface area contributed by atoms with E-state index < -0.39 is 0 Å². The fraction of sp³-hybridized carbons (Fsp3) is 0.389. The van der Waals surface area contributed by atoms with Gasteiger partial charge in [0.1, 0.15) is 5.75 Å². The number of rotatable bonds is 7. The average molecular weight is 357 g/mol. The first-order chi connectivity index (χ1) is 12.8. The van der Waals surface area contributed by atoms with Crippen LogP contribution in [-0.4, -0.2) is 67.3 Å². The Balaban J connectivity index is 1.51. The molecule has 0 radical (unpaired) electrons. The van der Waals surface area contributed by atoms with Crippen LogP contribution in [0, 0.1) is 0 Å². The molecule has 2 heterocycles. The minimum atomic E-state index is -0.179. The molecule has 1 aliphatic heterocycles. The number of hydrogen-bond donors (Lipinski definition) is 2. The van der Waals surface area contributed by atoms with Gasteiger partial charge in [-0.2, -0.15) is 0 Å². The quantitative estimate of drug-likeness (QED) is 0.772. The third kappa shape index (κ3) is 4.90. The summed E-state index contributed by atoms with van der Waals surface area (Å²) in [4.78, 5) is 22.9. The van der Waals surface area contributed by atoms with E-state index in [1.54, 1.807) is 7.11 Å². The third-order valence-electron chi connectivity index (χ3n) is 4.08. The summed E-state index contributed by atoms with van der Waals surface area (Å²) in [5.74, 6) is 0.919. The molecule has 8 nitrogen and oxygen atoms in total. The molecule has 1 saturated heterocycles. The minimum Gasteiger partial charge on any atom is -0.495 e. The first-order valence-electron chi connectivity index (χ1n) is 8.56. The largest absolute Gasteiger partial charge is 0.495 e. The number of nitrogens with one attached hydrogen (secondary N) is 2. The number of nitrogens with zero attached hydrogens (tertiary/aromatic N) is 3. The summed E-state index contributed by atoms with van der Waals surface area (Å²) in [7, 11) is 1.60. The van der Waals surface area contributed by atoms with E-state index in [0.717, 1.165) is 38.5 Å². The van der Waals surface area contributed by atoms with Crippen molar-refractivity contribution in [1.29, 1.82) is 0 Å². The zero-order valence-corrected chi connectivity index (χ0v) is 14.8. The van der Waals surface area contributed by atoms with Crippen molar-refractivity contribution in [3.05, 3.63) is 42.2 Å². The standard InChI is InChI=1S/C18H23N5O3/c1-25-16-5-3-2-4-15(16)22-18-20-12-14(13-21-18)17(24)19-6-7-23-8-10-26-11-9-23/h2-5,12-13H,6-11H2,1H3,(H,19,24)(H,20,21,22). The summed E-state index contributed by atoms with van der Waals surface area (Å²) in [6.45, 7) is 4.71. The second kappa shape index (κ2) is 9.12. The fourth-order valence-corrected chi connectivity index (χ4v) is 2.63. The zero-order valence-electron chi connectivity index (χ0n) is 14.8. The van der Waals surface area contributed by atoms with Crippen molar-refractivity contribution in [3.8, 4) is 5.75 Å². The Morgan fingerprint density at radius 1 is 1.23 bits per heavy atom. The highest BCUT2D eigenvalue weighted by atomic mass is 16.5. The molecule has 138 valence electrons. The van der Waals surface area contributed by atoms with Gasteiger partial charge in [-0.1, -0.05) is 12.1 Å². The molecule has 0 saturated carbocycles. The zero-order chi connectivity index (χ0) is 18.2. The summed E-state index contributed by atoms with van der Waals surface area (Å²) in [5.41, 5.74) is 1.19. The van der Waals surface area contributed by atoms with Gasteiger partial charge in [0, 0.05) is 38.6 Å². The molecule has 3 rings (SSSR count). The van der Waals surface area contributed by atoms with Gasteiger partial charge in [-0.25, -0.2) is 9.97 Å². The highest BCUT2D eigenvalue weighted by Crippen LogP contribution is 2.25. The van der Waals surface area contributed by atoms with Gasteiger partial charge in [-0.05, 0) is 12.1 Å². The van der Waals surface area contributed by atoms with E-state index in [1.165, 1.54) is 12.4 Å². The number of anilines is 2. The number of benzene rings is 1. The Morgan fingerprint density at radius 3 is 2.69 bits per heavy atom. The Bertz CT molecular complexity index is 717. The molecule has 1 aromatic carbocycles. The van der Waals surface area contributed by atoms with Gasteiger partial charge in [0.2, 0.25) is 5.95 Å². The number of aromatic nitrogens is 2. The third-order valence-corrected chi connectivity index (χ3v) is 4.08. The maximum absolute atomic E-state index is 12.2. The van der Waals surface area contributed by atoms with Crippen LogP contribution in [0.4, 0.5) is 11.6 Å². The van der Waals surface area contributed by atoms with E-state index in [9.17, 15) is 4.79 Å². The van der Waals surface area contributed by atoms with Crippen LogP contribution < -0.4 is 15.4 Å². The van der Waals surface area contributed by atoms with Crippen molar-refractivity contribution < 1.29 is 14.3 Å². The normalized spacial score (nSPS) is 14.7. The number of hydrogen-bond acceptors (Lipinski definition) is 7. The molecular weight excluding hydrogens is 334 g/mol. The van der Waals surface area contributed by atoms with Crippen LogP contribution in [0.1, 0.15) is 10.4 Å². The van der Waals surface area contributed by atoms with Gasteiger partial charge in [-0.3, -0.25) is 9.69 Å². The molecule has 1 aromatic heterocycles. The van der Waals surface area contributed by atoms with Crippen LogP contribution in [0.25, 0.3) is 0 Å². The Kier molecular flexibility index (Phi) is 6.34. The molecule has 0 unspecified atom stereocenters. The molecular formula is C18H23N5O3. The summed E-state index contributed by atoms with van der Waals surface area (Å²) >= 11 is 0. The molecule has 0 bridgehead atoms. The van der Waals surface area contributed by atoms with Crippen molar-refractivity contribution in [2.45, 2.75) is 0 Å². The van der Waals surface area contributed by atoms with Gasteiger partial charge in [0.25, 0.3) is 5.91 Å². The van der Waals surface area contributed by atoms with Gasteiger partial charge in [0.05, 0.1) is 31.6 Å². The second-order valence-electron chi connectivity index (χ2n) is 5.83. The van der Waals surface area contributed by atoms with Crippen molar-refractivity contribution in [1.82, 2.24) is 20.2 Å². The SMILES string of the molecule is COc1ccccc1Nc1ncc(C(=O)NCCN2CCOCC2)cn1. The van der Waals surface area contributed by atoms with Crippen molar-refractivity contribution in [2.24, 2.45) is 0 Å². The number of morpholine rings is 1. The summed E-state index contributed by atoms with van der Waals surface area (Å²) in [6, 6.07) is 7.49. The van der Waals surface area contributed by atoms with E-state index in [1.807, 2.05) is 24.3 Å². The molecule has 1 fully saturated rings. The summed E-state index contributed by atoms with van der Waals surface area (Å²) < 4.78 is 10.6. The fourth-order valence-electron chi connectivity index (χ4n) is 2.63. The Hall–Kier alpha value is -2.71. The van der Waals surface area contributed by atoms with Crippen LogP contribution in [0.15, 0.2) is 36.7 Å². The predicted octanol–water partition coefficient (Wildman–Crippen LogP) is 1.29. The second-order valence-corrected chi connectivity index (χ2v) is 5.83. The van der Waals surface area contributed by atoms with Crippen LogP contribution in [0.3, 0.4) is 0 Å². The number of ether oxygens (including phenoxy) is 2. The van der Waals surface area contributed by atoms with Gasteiger partial charge in [-0.15, -0.1) is 0 Å². The molecule has 2 aromatic rings. The van der Waals surface area contributed by atoms with Crippen molar-refractivity contribution in [3.63, 3.8) is 0 Å². The van der Waals surface area contributed by atoms with Gasteiger partial charge < -0.3 is 20.1 Å². The molecule has 26 heavy (non-hydrogen) atoms. The molecule has 0 atom stereocenters. The van der Waals surface area contributed by atoms with Gasteiger partial charge in [0.15, 0.2) is 0 Å². The van der Waals surface area contributed by atoms with Crippen molar-refractivity contribution in [2.75, 3.05) is 51.8 Å². The predicted molar refractivity (Wildman–Crippen MR) is 97.9 cm³/mol. The lowest BCUT2D eigenvalue weighted by atomic mass is 10.3. The van der Waals surface area contributed by atoms with E-state index in [2.05, 4.69) is 25.5 Å². The molecule has 8 heteroatoms. The first kappa shape index (κ1) is 18.1. The highest BCUT2D eigenvalue weighted by molar-refractivity contribution is 5.93. The minimum absolute atomic E-state index is 0.179. The van der Waals surface area contributed by atoms with E-state index in [-0.39, 0.29) is 5.91 Å². The van der Waals surface area contributed by atoms with Crippen LogP contribution in [0.5, 0.6) is 5.75 Å². The molecule has 2 N–H and O–H groups in total. The maximum Gasteiger partial charge on any atom is 0.254 e. The van der Waals surface area contributed by atoms with Gasteiger partial charge >= 0.3 is 0 Å². The lowest BCUT2D eigenvalue weighted by Crippen LogP contribution is -2.41. The Labute approximate surface area is 152 Å². The lowest BCUT2D eigenvalue weighted by molar-refractivity contribution is 0.0383. The van der Waals surface area contributed by atoms with Crippen LogP contribution >= 0.6 is 0 Å².